The highest BCUT2D eigenvalue weighted by molar-refractivity contribution is 7.89. The molecule has 0 unspecified atom stereocenters. The van der Waals surface area contributed by atoms with Crippen LogP contribution in [0.15, 0.2) is 47.4 Å². The van der Waals surface area contributed by atoms with Crippen LogP contribution >= 0.6 is 23.2 Å². The predicted molar refractivity (Wildman–Crippen MR) is 81.5 cm³/mol. The van der Waals surface area contributed by atoms with Gasteiger partial charge in [-0.15, -0.1) is 0 Å². The number of hydrogen-bond acceptors (Lipinski definition) is 2. The van der Waals surface area contributed by atoms with Gasteiger partial charge in [-0.05, 0) is 35.9 Å². The van der Waals surface area contributed by atoms with Gasteiger partial charge in [-0.1, -0.05) is 35.3 Å². The van der Waals surface area contributed by atoms with E-state index in [9.17, 15) is 12.8 Å². The largest absolute Gasteiger partial charge is 0.243 e. The molecule has 0 atom stereocenters. The van der Waals surface area contributed by atoms with E-state index < -0.39 is 15.8 Å². The third-order valence-corrected chi connectivity index (χ3v) is 5.43. The number of nitrogens with zero attached hydrogens (tertiary/aromatic N) is 1. The van der Waals surface area contributed by atoms with Crippen molar-refractivity contribution in [2.45, 2.75) is 11.4 Å². The molecule has 0 aliphatic heterocycles. The summed E-state index contributed by atoms with van der Waals surface area (Å²) >= 11 is 11.6. The molecule has 0 N–H and O–H groups in total. The first-order valence-electron chi connectivity index (χ1n) is 5.96. The summed E-state index contributed by atoms with van der Waals surface area (Å²) < 4.78 is 39.1. The molecule has 0 saturated carbocycles. The number of hydrogen-bond donors (Lipinski definition) is 0. The van der Waals surface area contributed by atoms with Crippen molar-refractivity contribution in [3.8, 4) is 0 Å². The van der Waals surface area contributed by atoms with Crippen molar-refractivity contribution in [1.29, 1.82) is 0 Å². The third kappa shape index (κ3) is 3.74. The molecule has 2 aromatic rings. The molecule has 2 rings (SSSR count). The van der Waals surface area contributed by atoms with Gasteiger partial charge in [-0.2, -0.15) is 4.31 Å². The highest BCUT2D eigenvalue weighted by atomic mass is 35.5. The molecule has 0 saturated heterocycles. The van der Waals surface area contributed by atoms with Crippen molar-refractivity contribution < 1.29 is 12.8 Å². The van der Waals surface area contributed by atoms with Gasteiger partial charge in [0.05, 0.1) is 14.9 Å². The Morgan fingerprint density at radius 3 is 2.43 bits per heavy atom. The lowest BCUT2D eigenvalue weighted by Gasteiger charge is -2.17. The monoisotopic (exact) mass is 347 g/mol. The average molecular weight is 348 g/mol. The van der Waals surface area contributed by atoms with E-state index in [-0.39, 0.29) is 21.5 Å². The van der Waals surface area contributed by atoms with Crippen LogP contribution in [0.5, 0.6) is 0 Å². The topological polar surface area (TPSA) is 37.4 Å². The van der Waals surface area contributed by atoms with Crippen LogP contribution in [-0.4, -0.2) is 19.8 Å². The van der Waals surface area contributed by atoms with Gasteiger partial charge in [0, 0.05) is 13.6 Å². The quantitative estimate of drug-likeness (QED) is 0.839. The molecular weight excluding hydrogens is 336 g/mol. The Labute approximate surface area is 133 Å². The zero-order valence-corrected chi connectivity index (χ0v) is 13.4. The molecule has 112 valence electrons. The Kier molecular flexibility index (Phi) is 4.88. The lowest BCUT2D eigenvalue weighted by atomic mass is 10.2. The lowest BCUT2D eigenvalue weighted by molar-refractivity contribution is 0.465. The van der Waals surface area contributed by atoms with E-state index in [0.29, 0.717) is 5.56 Å². The molecule has 3 nitrogen and oxygen atoms in total. The SMILES string of the molecule is CN(Cc1cccc(F)c1)S(=O)(=O)c1ccc(Cl)c(Cl)c1. The van der Waals surface area contributed by atoms with Crippen molar-refractivity contribution in [3.05, 3.63) is 63.9 Å². The molecule has 7 heteroatoms. The summed E-state index contributed by atoms with van der Waals surface area (Å²) in [5, 5.41) is 0.445. The van der Waals surface area contributed by atoms with Gasteiger partial charge in [0.15, 0.2) is 0 Å². The van der Waals surface area contributed by atoms with Crippen molar-refractivity contribution >= 4 is 33.2 Å². The van der Waals surface area contributed by atoms with Gasteiger partial charge >= 0.3 is 0 Å². The van der Waals surface area contributed by atoms with Gasteiger partial charge in [0.2, 0.25) is 10.0 Å². The van der Waals surface area contributed by atoms with E-state index in [4.69, 9.17) is 23.2 Å². The van der Waals surface area contributed by atoms with Crippen LogP contribution in [-0.2, 0) is 16.6 Å². The highest BCUT2D eigenvalue weighted by Gasteiger charge is 2.21. The normalized spacial score (nSPS) is 11.9. The van der Waals surface area contributed by atoms with Gasteiger partial charge in [-0.3, -0.25) is 0 Å². The molecule has 0 spiro atoms. The molecule has 0 fully saturated rings. The zero-order chi connectivity index (χ0) is 15.6. The van der Waals surface area contributed by atoms with Crippen LogP contribution in [0.25, 0.3) is 0 Å². The summed E-state index contributed by atoms with van der Waals surface area (Å²) in [5.74, 6) is -0.409. The van der Waals surface area contributed by atoms with E-state index in [1.54, 1.807) is 6.07 Å². The van der Waals surface area contributed by atoms with Crippen LogP contribution in [0, 0.1) is 5.82 Å². The molecule has 0 aromatic heterocycles. The molecule has 0 heterocycles. The van der Waals surface area contributed by atoms with Gasteiger partial charge < -0.3 is 0 Å². The summed E-state index contributed by atoms with van der Waals surface area (Å²) in [4.78, 5) is 0.0378. The number of rotatable bonds is 4. The second kappa shape index (κ2) is 6.32. The fourth-order valence-electron chi connectivity index (χ4n) is 1.79. The highest BCUT2D eigenvalue weighted by Crippen LogP contribution is 2.26. The first-order valence-corrected chi connectivity index (χ1v) is 8.16. The number of halogens is 3. The molecule has 0 amide bonds. The fraction of sp³-hybridized carbons (Fsp3) is 0.143. The Morgan fingerprint density at radius 1 is 1.10 bits per heavy atom. The van der Waals surface area contributed by atoms with Gasteiger partial charge in [0.1, 0.15) is 5.82 Å². The van der Waals surface area contributed by atoms with Crippen LogP contribution < -0.4 is 0 Å². The van der Waals surface area contributed by atoms with E-state index >= 15 is 0 Å². The molecule has 0 aliphatic carbocycles. The van der Waals surface area contributed by atoms with Crippen molar-refractivity contribution in [1.82, 2.24) is 4.31 Å². The molecule has 21 heavy (non-hydrogen) atoms. The average Bonchev–Trinajstić information content (AvgIpc) is 2.41. The maximum atomic E-state index is 13.1. The molecular formula is C14H12Cl2FNO2S. The molecule has 0 radical (unpaired) electrons. The molecule has 2 aromatic carbocycles. The van der Waals surface area contributed by atoms with E-state index in [2.05, 4.69) is 0 Å². The van der Waals surface area contributed by atoms with E-state index in [1.165, 1.54) is 43.4 Å². The third-order valence-electron chi connectivity index (χ3n) is 2.89. The fourth-order valence-corrected chi connectivity index (χ4v) is 3.34. The van der Waals surface area contributed by atoms with Gasteiger partial charge in [0.25, 0.3) is 0 Å². The van der Waals surface area contributed by atoms with Crippen LogP contribution in [0.3, 0.4) is 0 Å². The second-order valence-corrected chi connectivity index (χ2v) is 7.33. The van der Waals surface area contributed by atoms with Crippen LogP contribution in [0.1, 0.15) is 5.56 Å². The van der Waals surface area contributed by atoms with Crippen LogP contribution in [0.4, 0.5) is 4.39 Å². The number of sulfonamides is 1. The zero-order valence-electron chi connectivity index (χ0n) is 11.1. The second-order valence-electron chi connectivity index (χ2n) is 4.47. The standard InChI is InChI=1S/C14H12Cl2FNO2S/c1-18(9-10-3-2-4-11(17)7-10)21(19,20)12-5-6-13(15)14(16)8-12/h2-8H,9H2,1H3. The van der Waals surface area contributed by atoms with Crippen LogP contribution in [0.2, 0.25) is 10.0 Å². The summed E-state index contributed by atoms with van der Waals surface area (Å²) in [6.07, 6.45) is 0. The summed E-state index contributed by atoms with van der Waals surface area (Å²) in [5.41, 5.74) is 0.557. The van der Waals surface area contributed by atoms with Crippen molar-refractivity contribution in [2.75, 3.05) is 7.05 Å². The smallest absolute Gasteiger partial charge is 0.207 e. The summed E-state index contributed by atoms with van der Waals surface area (Å²) in [6, 6.07) is 9.88. The summed E-state index contributed by atoms with van der Waals surface area (Å²) in [7, 11) is -2.30. The Bertz CT molecular complexity index is 765. The van der Waals surface area contributed by atoms with E-state index in [0.717, 1.165) is 4.31 Å². The van der Waals surface area contributed by atoms with Crippen molar-refractivity contribution in [2.24, 2.45) is 0 Å². The minimum absolute atomic E-state index is 0.0378. The lowest BCUT2D eigenvalue weighted by Crippen LogP contribution is -2.26. The number of benzene rings is 2. The predicted octanol–water partition coefficient (Wildman–Crippen LogP) is 3.95. The maximum Gasteiger partial charge on any atom is 0.243 e. The molecule has 0 aliphatic rings. The maximum absolute atomic E-state index is 13.1. The van der Waals surface area contributed by atoms with Gasteiger partial charge in [-0.25, -0.2) is 12.8 Å². The Balaban J connectivity index is 2.28. The first-order chi connectivity index (χ1) is 9.80. The Hall–Kier alpha value is -1.14. The van der Waals surface area contributed by atoms with E-state index in [1.807, 2.05) is 0 Å². The minimum Gasteiger partial charge on any atom is -0.207 e. The van der Waals surface area contributed by atoms with Crippen molar-refractivity contribution in [3.63, 3.8) is 0 Å². The minimum atomic E-state index is -3.72. The Morgan fingerprint density at radius 2 is 1.81 bits per heavy atom. The first kappa shape index (κ1) is 16.2. The molecule has 0 bridgehead atoms. The summed E-state index contributed by atoms with van der Waals surface area (Å²) in [6.45, 7) is 0.0559.